The molecular formula is C10H13ClO2. The molecule has 2 bridgehead atoms. The molecule has 0 N–H and O–H groups in total. The number of carbonyl (C=O) groups excluding carboxylic acids is 1. The van der Waals surface area contributed by atoms with Crippen LogP contribution < -0.4 is 0 Å². The number of allylic oxidation sites excluding steroid dienone is 2. The van der Waals surface area contributed by atoms with Crippen LogP contribution in [0.5, 0.6) is 0 Å². The van der Waals surface area contributed by atoms with Gasteiger partial charge in [0.1, 0.15) is 0 Å². The first-order valence-corrected chi connectivity index (χ1v) is 5.13. The molecule has 0 heterocycles. The monoisotopic (exact) mass is 200 g/mol. The van der Waals surface area contributed by atoms with Crippen LogP contribution >= 0.6 is 11.6 Å². The van der Waals surface area contributed by atoms with Crippen molar-refractivity contribution in [2.45, 2.75) is 25.3 Å². The Bertz CT molecular complexity index is 247. The van der Waals surface area contributed by atoms with Gasteiger partial charge in [-0.1, -0.05) is 23.8 Å². The van der Waals surface area contributed by atoms with Crippen LogP contribution in [0.15, 0.2) is 12.2 Å². The van der Waals surface area contributed by atoms with Crippen LogP contribution in [0.2, 0.25) is 0 Å². The fourth-order valence-electron chi connectivity index (χ4n) is 2.30. The maximum absolute atomic E-state index is 11.5. The molecule has 72 valence electrons. The van der Waals surface area contributed by atoms with Crippen molar-refractivity contribution >= 4 is 17.6 Å². The second-order valence-corrected chi connectivity index (χ2v) is 4.48. The van der Waals surface area contributed by atoms with Crippen LogP contribution in [-0.4, -0.2) is 11.5 Å². The molecule has 4 atom stereocenters. The predicted octanol–water partition coefficient (Wildman–Crippen LogP) is 2.33. The molecule has 2 aliphatic rings. The summed E-state index contributed by atoms with van der Waals surface area (Å²) in [5.41, 5.74) is -0.504. The SMILES string of the molecule is CC(Cl)OC(=O)C1CC2C=CC1C2. The molecule has 4 unspecified atom stereocenters. The van der Waals surface area contributed by atoms with E-state index in [4.69, 9.17) is 16.3 Å². The van der Waals surface area contributed by atoms with Crippen molar-refractivity contribution < 1.29 is 9.53 Å². The van der Waals surface area contributed by atoms with Crippen LogP contribution in [0.3, 0.4) is 0 Å². The number of halogens is 1. The van der Waals surface area contributed by atoms with Gasteiger partial charge in [-0.05, 0) is 31.6 Å². The van der Waals surface area contributed by atoms with Gasteiger partial charge in [-0.15, -0.1) is 0 Å². The molecule has 0 aromatic heterocycles. The maximum atomic E-state index is 11.5. The zero-order chi connectivity index (χ0) is 9.42. The van der Waals surface area contributed by atoms with E-state index in [1.54, 1.807) is 6.92 Å². The van der Waals surface area contributed by atoms with Gasteiger partial charge in [0.05, 0.1) is 5.92 Å². The van der Waals surface area contributed by atoms with Crippen molar-refractivity contribution in [1.82, 2.24) is 0 Å². The van der Waals surface area contributed by atoms with Gasteiger partial charge < -0.3 is 4.74 Å². The van der Waals surface area contributed by atoms with Gasteiger partial charge in [-0.2, -0.15) is 0 Å². The van der Waals surface area contributed by atoms with E-state index in [9.17, 15) is 4.79 Å². The summed E-state index contributed by atoms with van der Waals surface area (Å²) in [5.74, 6) is 0.955. The Hall–Kier alpha value is -0.500. The van der Waals surface area contributed by atoms with E-state index in [2.05, 4.69) is 12.2 Å². The van der Waals surface area contributed by atoms with Crippen LogP contribution in [0.25, 0.3) is 0 Å². The lowest BCUT2D eigenvalue weighted by atomic mass is 9.94. The molecule has 0 saturated heterocycles. The van der Waals surface area contributed by atoms with Crippen LogP contribution in [0.4, 0.5) is 0 Å². The number of hydrogen-bond acceptors (Lipinski definition) is 2. The summed E-state index contributed by atoms with van der Waals surface area (Å²) in [7, 11) is 0. The largest absolute Gasteiger partial charge is 0.446 e. The zero-order valence-electron chi connectivity index (χ0n) is 7.57. The maximum Gasteiger partial charge on any atom is 0.311 e. The second-order valence-electron chi connectivity index (χ2n) is 3.87. The third-order valence-electron chi connectivity index (χ3n) is 2.86. The quantitative estimate of drug-likeness (QED) is 0.389. The van der Waals surface area contributed by atoms with Crippen molar-refractivity contribution in [3.63, 3.8) is 0 Å². The Balaban J connectivity index is 1.95. The van der Waals surface area contributed by atoms with Gasteiger partial charge in [0.25, 0.3) is 0 Å². The molecule has 3 heteroatoms. The molecule has 0 aromatic carbocycles. The number of esters is 1. The Kier molecular flexibility index (Phi) is 2.33. The molecule has 2 rings (SSSR count). The number of carbonyl (C=O) groups is 1. The first-order chi connectivity index (χ1) is 6.16. The van der Waals surface area contributed by atoms with Gasteiger partial charge in [0, 0.05) is 0 Å². The first-order valence-electron chi connectivity index (χ1n) is 4.69. The minimum absolute atomic E-state index is 0.0659. The predicted molar refractivity (Wildman–Crippen MR) is 50.3 cm³/mol. The topological polar surface area (TPSA) is 26.3 Å². The summed E-state index contributed by atoms with van der Waals surface area (Å²) in [6, 6.07) is 0. The molecular weight excluding hydrogens is 188 g/mol. The van der Waals surface area contributed by atoms with Crippen molar-refractivity contribution in [2.75, 3.05) is 0 Å². The van der Waals surface area contributed by atoms with Crippen molar-refractivity contribution in [1.29, 1.82) is 0 Å². The number of alkyl halides is 1. The van der Waals surface area contributed by atoms with E-state index >= 15 is 0 Å². The normalized spacial score (nSPS) is 37.8. The van der Waals surface area contributed by atoms with E-state index < -0.39 is 5.56 Å². The molecule has 0 spiro atoms. The Labute approximate surface area is 82.9 Å². The average Bonchev–Trinajstić information content (AvgIpc) is 2.62. The van der Waals surface area contributed by atoms with E-state index in [0.717, 1.165) is 12.8 Å². The Morgan fingerprint density at radius 2 is 2.31 bits per heavy atom. The van der Waals surface area contributed by atoms with Crippen LogP contribution in [0.1, 0.15) is 19.8 Å². The molecule has 2 aliphatic carbocycles. The van der Waals surface area contributed by atoms with Gasteiger partial charge >= 0.3 is 5.97 Å². The minimum Gasteiger partial charge on any atom is -0.446 e. The molecule has 0 aromatic rings. The Morgan fingerprint density at radius 3 is 2.77 bits per heavy atom. The second kappa shape index (κ2) is 3.33. The summed E-state index contributed by atoms with van der Waals surface area (Å²) in [6.45, 7) is 1.67. The molecule has 0 radical (unpaired) electrons. The summed E-state index contributed by atoms with van der Waals surface area (Å²) in [6.07, 6.45) is 6.41. The van der Waals surface area contributed by atoms with E-state index in [0.29, 0.717) is 11.8 Å². The molecule has 1 fully saturated rings. The van der Waals surface area contributed by atoms with E-state index in [1.165, 1.54) is 0 Å². The number of ether oxygens (including phenoxy) is 1. The lowest BCUT2D eigenvalue weighted by molar-refractivity contribution is -0.150. The lowest BCUT2D eigenvalue weighted by Crippen LogP contribution is -2.23. The lowest BCUT2D eigenvalue weighted by Gasteiger charge is -2.17. The fraction of sp³-hybridized carbons (Fsp3) is 0.700. The highest BCUT2D eigenvalue weighted by Gasteiger charge is 2.40. The van der Waals surface area contributed by atoms with Gasteiger partial charge in [0.15, 0.2) is 5.56 Å². The smallest absolute Gasteiger partial charge is 0.311 e. The molecule has 0 aliphatic heterocycles. The van der Waals surface area contributed by atoms with Gasteiger partial charge in [0.2, 0.25) is 0 Å². The minimum atomic E-state index is -0.504. The van der Waals surface area contributed by atoms with Crippen LogP contribution in [0, 0.1) is 17.8 Å². The van der Waals surface area contributed by atoms with Gasteiger partial charge in [-0.3, -0.25) is 4.79 Å². The third-order valence-corrected chi connectivity index (χ3v) is 2.95. The zero-order valence-corrected chi connectivity index (χ0v) is 8.33. The average molecular weight is 201 g/mol. The standard InChI is InChI=1S/C10H13ClO2/c1-6(11)13-10(12)9-5-7-2-3-8(9)4-7/h2-3,6-9H,4-5H2,1H3. The summed E-state index contributed by atoms with van der Waals surface area (Å²) in [4.78, 5) is 11.5. The highest BCUT2D eigenvalue weighted by atomic mass is 35.5. The molecule has 13 heavy (non-hydrogen) atoms. The summed E-state index contributed by atoms with van der Waals surface area (Å²) >= 11 is 5.59. The molecule has 1 saturated carbocycles. The third kappa shape index (κ3) is 1.73. The Morgan fingerprint density at radius 1 is 1.54 bits per heavy atom. The van der Waals surface area contributed by atoms with Crippen molar-refractivity contribution in [3.05, 3.63) is 12.2 Å². The summed E-state index contributed by atoms with van der Waals surface area (Å²) in [5, 5.41) is 0. The highest BCUT2D eigenvalue weighted by Crippen LogP contribution is 2.43. The summed E-state index contributed by atoms with van der Waals surface area (Å²) < 4.78 is 4.98. The fourth-order valence-corrected chi connectivity index (χ4v) is 2.39. The first kappa shape index (κ1) is 9.07. The molecule has 0 amide bonds. The number of rotatable bonds is 2. The van der Waals surface area contributed by atoms with E-state index in [1.807, 2.05) is 0 Å². The van der Waals surface area contributed by atoms with Crippen molar-refractivity contribution in [2.24, 2.45) is 17.8 Å². The van der Waals surface area contributed by atoms with Gasteiger partial charge in [-0.25, -0.2) is 0 Å². The highest BCUT2D eigenvalue weighted by molar-refractivity contribution is 6.20. The van der Waals surface area contributed by atoms with Crippen molar-refractivity contribution in [3.8, 4) is 0 Å². The van der Waals surface area contributed by atoms with Crippen LogP contribution in [-0.2, 0) is 9.53 Å². The van der Waals surface area contributed by atoms with E-state index in [-0.39, 0.29) is 11.9 Å². The number of fused-ring (bicyclic) bond motifs is 2. The number of hydrogen-bond donors (Lipinski definition) is 0. The molecule has 2 nitrogen and oxygen atoms in total.